The van der Waals surface area contributed by atoms with Crippen LogP contribution in [0.1, 0.15) is 39.0 Å². The largest absolute Gasteiger partial charge is 0.464 e. The molecule has 0 N–H and O–H groups in total. The Morgan fingerprint density at radius 1 is 1.10 bits per heavy atom. The summed E-state index contributed by atoms with van der Waals surface area (Å²) in [5.41, 5.74) is 2.31. The first-order chi connectivity index (χ1) is 10.4. The molecule has 0 bridgehead atoms. The Bertz CT molecular complexity index is 682. The topological polar surface area (TPSA) is 31.0 Å². The highest BCUT2D eigenvalue weighted by Gasteiger charge is 2.06. The Kier molecular flexibility index (Phi) is 4.39. The Morgan fingerprint density at radius 2 is 2.00 bits per heavy atom. The molecular weight excluding hydrogens is 260 g/mol. The third kappa shape index (κ3) is 3.18. The normalized spacial score (nSPS) is 11.3. The number of aryl methyl sites for hydroxylation is 1. The number of benzene rings is 1. The van der Waals surface area contributed by atoms with Crippen LogP contribution in [-0.4, -0.2) is 9.78 Å². The van der Waals surface area contributed by atoms with Gasteiger partial charge >= 0.3 is 0 Å². The third-order valence-corrected chi connectivity index (χ3v) is 3.92. The van der Waals surface area contributed by atoms with Crippen molar-refractivity contribution in [3.8, 4) is 11.3 Å². The van der Waals surface area contributed by atoms with Crippen molar-refractivity contribution in [3.05, 3.63) is 42.8 Å². The second-order valence-electron chi connectivity index (χ2n) is 5.53. The minimum absolute atomic E-state index is 0.910. The molecule has 0 aliphatic heterocycles. The van der Waals surface area contributed by atoms with Crippen LogP contribution in [0, 0.1) is 0 Å². The summed E-state index contributed by atoms with van der Waals surface area (Å²) in [6.45, 7) is 3.24. The molecule has 0 atom stereocenters. The lowest BCUT2D eigenvalue weighted by molar-refractivity contribution is 0.544. The predicted octanol–water partition coefficient (Wildman–Crippen LogP) is 5.27. The van der Waals surface area contributed by atoms with Gasteiger partial charge in [0.15, 0.2) is 0 Å². The highest BCUT2D eigenvalue weighted by Crippen LogP contribution is 2.25. The van der Waals surface area contributed by atoms with Crippen molar-refractivity contribution in [3.63, 3.8) is 0 Å². The van der Waals surface area contributed by atoms with E-state index in [9.17, 15) is 0 Å². The summed E-state index contributed by atoms with van der Waals surface area (Å²) in [5, 5.41) is 5.71. The van der Waals surface area contributed by atoms with Crippen LogP contribution in [-0.2, 0) is 6.54 Å². The van der Waals surface area contributed by atoms with Crippen molar-refractivity contribution in [2.75, 3.05) is 0 Å². The minimum Gasteiger partial charge on any atom is -0.464 e. The van der Waals surface area contributed by atoms with Crippen LogP contribution in [0.5, 0.6) is 0 Å². The van der Waals surface area contributed by atoms with Gasteiger partial charge in [0.1, 0.15) is 5.76 Å². The molecule has 2 aromatic heterocycles. The third-order valence-electron chi connectivity index (χ3n) is 3.92. The molecule has 0 spiro atoms. The molecule has 3 nitrogen and oxygen atoms in total. The van der Waals surface area contributed by atoms with Gasteiger partial charge in [-0.2, -0.15) is 5.10 Å². The van der Waals surface area contributed by atoms with E-state index in [4.69, 9.17) is 4.42 Å². The maximum Gasteiger partial charge on any atom is 0.133 e. The monoisotopic (exact) mass is 282 g/mol. The van der Waals surface area contributed by atoms with E-state index in [-0.39, 0.29) is 0 Å². The van der Waals surface area contributed by atoms with Crippen LogP contribution < -0.4 is 0 Å². The van der Waals surface area contributed by atoms with E-state index in [0.717, 1.165) is 17.9 Å². The van der Waals surface area contributed by atoms with Crippen LogP contribution in [0.4, 0.5) is 0 Å². The van der Waals surface area contributed by atoms with Crippen LogP contribution >= 0.6 is 0 Å². The molecule has 3 aromatic rings. The van der Waals surface area contributed by atoms with Crippen molar-refractivity contribution in [1.82, 2.24) is 9.78 Å². The molecule has 1 aromatic carbocycles. The molecule has 0 aliphatic rings. The standard InChI is InChI=1S/C18H22N2O/c1-2-3-4-5-6-11-20-17-13-15(18-8-7-12-21-18)9-10-16(17)14-19-20/h7-10,12-14H,2-6,11H2,1H3. The molecule has 0 radical (unpaired) electrons. The fourth-order valence-electron chi connectivity index (χ4n) is 2.71. The van der Waals surface area contributed by atoms with Crippen LogP contribution in [0.25, 0.3) is 22.2 Å². The summed E-state index contributed by atoms with van der Waals surface area (Å²) in [7, 11) is 0. The average Bonchev–Trinajstić information content (AvgIpc) is 3.16. The van der Waals surface area contributed by atoms with E-state index in [1.807, 2.05) is 18.3 Å². The zero-order valence-corrected chi connectivity index (χ0v) is 12.6. The molecule has 0 amide bonds. The SMILES string of the molecule is CCCCCCCn1ncc2ccc(-c3ccco3)cc21. The number of fused-ring (bicyclic) bond motifs is 1. The Morgan fingerprint density at radius 3 is 2.81 bits per heavy atom. The van der Waals surface area contributed by atoms with E-state index in [1.54, 1.807) is 6.26 Å². The highest BCUT2D eigenvalue weighted by atomic mass is 16.3. The van der Waals surface area contributed by atoms with Crippen molar-refractivity contribution in [2.45, 2.75) is 45.6 Å². The predicted molar refractivity (Wildman–Crippen MR) is 86.2 cm³/mol. The van der Waals surface area contributed by atoms with Gasteiger partial charge in [-0.05, 0) is 24.6 Å². The molecule has 2 heterocycles. The smallest absolute Gasteiger partial charge is 0.133 e. The summed E-state index contributed by atoms with van der Waals surface area (Å²) in [4.78, 5) is 0. The average molecular weight is 282 g/mol. The number of rotatable bonds is 7. The first-order valence-electron chi connectivity index (χ1n) is 7.88. The molecule has 0 aliphatic carbocycles. The van der Waals surface area contributed by atoms with Crippen LogP contribution in [0.2, 0.25) is 0 Å². The number of hydrogen-bond acceptors (Lipinski definition) is 2. The zero-order valence-electron chi connectivity index (χ0n) is 12.6. The lowest BCUT2D eigenvalue weighted by Gasteiger charge is -2.05. The van der Waals surface area contributed by atoms with Crippen molar-refractivity contribution < 1.29 is 4.42 Å². The van der Waals surface area contributed by atoms with Crippen LogP contribution in [0.15, 0.2) is 47.2 Å². The van der Waals surface area contributed by atoms with E-state index < -0.39 is 0 Å². The van der Waals surface area contributed by atoms with E-state index in [1.165, 1.54) is 43.0 Å². The second-order valence-corrected chi connectivity index (χ2v) is 5.53. The first-order valence-corrected chi connectivity index (χ1v) is 7.88. The van der Waals surface area contributed by atoms with Crippen molar-refractivity contribution >= 4 is 10.9 Å². The molecule has 3 rings (SSSR count). The highest BCUT2D eigenvalue weighted by molar-refractivity contribution is 5.83. The first kappa shape index (κ1) is 13.9. The summed E-state index contributed by atoms with van der Waals surface area (Å²) in [6.07, 6.45) is 10.1. The number of aromatic nitrogens is 2. The molecule has 0 fully saturated rings. The van der Waals surface area contributed by atoms with Gasteiger partial charge in [0.2, 0.25) is 0 Å². The lowest BCUT2D eigenvalue weighted by atomic mass is 10.1. The summed E-state index contributed by atoms with van der Waals surface area (Å²) in [5.74, 6) is 0.910. The van der Waals surface area contributed by atoms with Crippen LogP contribution in [0.3, 0.4) is 0 Å². The van der Waals surface area contributed by atoms with Gasteiger partial charge in [0, 0.05) is 17.5 Å². The second kappa shape index (κ2) is 6.61. The fraction of sp³-hybridized carbons (Fsp3) is 0.389. The van der Waals surface area contributed by atoms with Gasteiger partial charge in [-0.3, -0.25) is 4.68 Å². The summed E-state index contributed by atoms with van der Waals surface area (Å²) >= 11 is 0. The Hall–Kier alpha value is -2.03. The molecule has 0 saturated heterocycles. The van der Waals surface area contributed by atoms with Gasteiger partial charge < -0.3 is 4.42 Å². The Balaban J connectivity index is 1.75. The van der Waals surface area contributed by atoms with Crippen molar-refractivity contribution in [2.24, 2.45) is 0 Å². The van der Waals surface area contributed by atoms with Gasteiger partial charge in [-0.25, -0.2) is 0 Å². The fourth-order valence-corrected chi connectivity index (χ4v) is 2.71. The quantitative estimate of drug-likeness (QED) is 0.553. The van der Waals surface area contributed by atoms with E-state index >= 15 is 0 Å². The molecule has 3 heteroatoms. The van der Waals surface area contributed by atoms with E-state index in [0.29, 0.717) is 0 Å². The summed E-state index contributed by atoms with van der Waals surface area (Å²) in [6, 6.07) is 10.3. The number of furan rings is 1. The zero-order chi connectivity index (χ0) is 14.5. The van der Waals surface area contributed by atoms with Crippen molar-refractivity contribution in [1.29, 1.82) is 0 Å². The van der Waals surface area contributed by atoms with Gasteiger partial charge in [0.25, 0.3) is 0 Å². The molecule has 21 heavy (non-hydrogen) atoms. The Labute approximate surface area is 125 Å². The molecular formula is C18H22N2O. The summed E-state index contributed by atoms with van der Waals surface area (Å²) < 4.78 is 7.60. The number of nitrogens with zero attached hydrogens (tertiary/aromatic N) is 2. The van der Waals surface area contributed by atoms with E-state index in [2.05, 4.69) is 34.9 Å². The maximum atomic E-state index is 5.48. The van der Waals surface area contributed by atoms with Gasteiger partial charge in [-0.1, -0.05) is 44.7 Å². The number of hydrogen-bond donors (Lipinski definition) is 0. The minimum atomic E-state index is 0.910. The molecule has 0 saturated carbocycles. The van der Waals surface area contributed by atoms with Gasteiger partial charge in [-0.15, -0.1) is 0 Å². The maximum absolute atomic E-state index is 5.48. The number of unbranched alkanes of at least 4 members (excludes halogenated alkanes) is 4. The molecule has 0 unspecified atom stereocenters. The lowest BCUT2D eigenvalue weighted by Crippen LogP contribution is -1.99. The molecule has 110 valence electrons. The van der Waals surface area contributed by atoms with Gasteiger partial charge in [0.05, 0.1) is 18.0 Å².